The Balaban J connectivity index is 1.98. The Kier molecular flexibility index (Phi) is 3.97. The van der Waals surface area contributed by atoms with Gasteiger partial charge in [-0.25, -0.2) is 0 Å². The summed E-state index contributed by atoms with van der Waals surface area (Å²) in [5, 5.41) is 0. The van der Waals surface area contributed by atoms with Crippen molar-refractivity contribution in [3.05, 3.63) is 48.6 Å². The van der Waals surface area contributed by atoms with E-state index in [0.29, 0.717) is 12.3 Å². The predicted molar refractivity (Wildman–Crippen MR) is 69.4 cm³/mol. The van der Waals surface area contributed by atoms with Gasteiger partial charge in [0.1, 0.15) is 0 Å². The first-order chi connectivity index (χ1) is 8.29. The van der Waals surface area contributed by atoms with Crippen LogP contribution in [0.1, 0.15) is 24.8 Å². The van der Waals surface area contributed by atoms with Crippen molar-refractivity contribution in [2.24, 2.45) is 5.92 Å². The maximum absolute atomic E-state index is 11.8. The zero-order valence-electron chi connectivity index (χ0n) is 10.1. The van der Waals surface area contributed by atoms with E-state index in [1.54, 1.807) is 0 Å². The molecule has 0 bridgehead atoms. The number of piperidine rings is 1. The monoisotopic (exact) mass is 229 g/mol. The van der Waals surface area contributed by atoms with Gasteiger partial charge in [-0.2, -0.15) is 0 Å². The number of benzene rings is 1. The number of hydrogen-bond acceptors (Lipinski definition) is 1. The highest BCUT2D eigenvalue weighted by Gasteiger charge is 2.24. The molecule has 1 heterocycles. The summed E-state index contributed by atoms with van der Waals surface area (Å²) >= 11 is 0. The first kappa shape index (κ1) is 11.9. The average Bonchev–Trinajstić information content (AvgIpc) is 2.35. The van der Waals surface area contributed by atoms with Crippen LogP contribution in [0.5, 0.6) is 0 Å². The lowest BCUT2D eigenvalue weighted by atomic mass is 9.94. The van der Waals surface area contributed by atoms with Gasteiger partial charge in [0.25, 0.3) is 0 Å². The van der Waals surface area contributed by atoms with Gasteiger partial charge in [-0.1, -0.05) is 36.4 Å². The highest BCUT2D eigenvalue weighted by atomic mass is 16.2. The molecule has 0 spiro atoms. The lowest BCUT2D eigenvalue weighted by molar-refractivity contribution is -0.135. The molecule has 17 heavy (non-hydrogen) atoms. The third kappa shape index (κ3) is 3.19. The van der Waals surface area contributed by atoms with Gasteiger partial charge in [0.15, 0.2) is 0 Å². The summed E-state index contributed by atoms with van der Waals surface area (Å²) in [6.45, 7) is 5.40. The second-order valence-electron chi connectivity index (χ2n) is 4.69. The van der Waals surface area contributed by atoms with E-state index >= 15 is 0 Å². The fourth-order valence-corrected chi connectivity index (χ4v) is 2.38. The molecule has 90 valence electrons. The first-order valence-corrected chi connectivity index (χ1v) is 6.22. The van der Waals surface area contributed by atoms with E-state index in [4.69, 9.17) is 0 Å². The lowest BCUT2D eigenvalue weighted by Gasteiger charge is -2.32. The third-order valence-corrected chi connectivity index (χ3v) is 3.31. The van der Waals surface area contributed by atoms with Crippen LogP contribution in [0.2, 0.25) is 0 Å². The maximum atomic E-state index is 11.8. The Morgan fingerprint density at radius 1 is 1.35 bits per heavy atom. The first-order valence-electron chi connectivity index (χ1n) is 6.22. The van der Waals surface area contributed by atoms with Gasteiger partial charge in [-0.05, 0) is 24.3 Å². The van der Waals surface area contributed by atoms with Crippen LogP contribution >= 0.6 is 0 Å². The zero-order chi connectivity index (χ0) is 12.1. The van der Waals surface area contributed by atoms with Gasteiger partial charge in [0, 0.05) is 19.5 Å². The van der Waals surface area contributed by atoms with E-state index in [0.717, 1.165) is 25.9 Å². The van der Waals surface area contributed by atoms with Gasteiger partial charge in [-0.15, -0.1) is 6.58 Å². The summed E-state index contributed by atoms with van der Waals surface area (Å²) < 4.78 is 0. The molecule has 0 aliphatic carbocycles. The highest BCUT2D eigenvalue weighted by Crippen LogP contribution is 2.22. The van der Waals surface area contributed by atoms with Gasteiger partial charge < -0.3 is 4.90 Å². The molecule has 1 saturated heterocycles. The fourth-order valence-electron chi connectivity index (χ4n) is 2.38. The number of carbonyl (C=O) groups is 1. The van der Waals surface area contributed by atoms with Gasteiger partial charge >= 0.3 is 0 Å². The molecule has 2 nitrogen and oxygen atoms in total. The number of allylic oxidation sites excluding steroid dienone is 1. The summed E-state index contributed by atoms with van der Waals surface area (Å²) in [4.78, 5) is 13.8. The molecule has 1 aliphatic rings. The Bertz CT molecular complexity index is 385. The summed E-state index contributed by atoms with van der Waals surface area (Å²) in [5.74, 6) is 0.878. The highest BCUT2D eigenvalue weighted by molar-refractivity contribution is 5.76. The Hall–Kier alpha value is -1.57. The van der Waals surface area contributed by atoms with Crippen LogP contribution in [0.15, 0.2) is 43.0 Å². The van der Waals surface area contributed by atoms with Crippen LogP contribution < -0.4 is 0 Å². The molecule has 1 aliphatic heterocycles. The minimum absolute atomic E-state index is 0.286. The second kappa shape index (κ2) is 5.67. The Labute approximate surface area is 103 Å². The Morgan fingerprint density at radius 2 is 2.12 bits per heavy atom. The molecule has 2 rings (SSSR count). The molecule has 1 atom stereocenters. The number of carbonyl (C=O) groups excluding carboxylic acids is 1. The van der Waals surface area contributed by atoms with Gasteiger partial charge in [0.05, 0.1) is 0 Å². The molecule has 0 N–H and O–H groups in total. The molecule has 2 heteroatoms. The smallest absolute Gasteiger partial charge is 0.222 e. The average molecular weight is 229 g/mol. The number of hydrogen-bond donors (Lipinski definition) is 0. The number of amides is 1. The number of likely N-dealkylation sites (tertiary alicyclic amines) is 1. The fraction of sp³-hybridized carbons (Fsp3) is 0.400. The van der Waals surface area contributed by atoms with E-state index in [1.807, 2.05) is 29.2 Å². The van der Waals surface area contributed by atoms with Crippen LogP contribution in [-0.4, -0.2) is 17.4 Å². The van der Waals surface area contributed by atoms with E-state index in [1.165, 1.54) is 5.56 Å². The maximum Gasteiger partial charge on any atom is 0.222 e. The van der Waals surface area contributed by atoms with Crippen molar-refractivity contribution in [3.63, 3.8) is 0 Å². The molecule has 1 fully saturated rings. The zero-order valence-corrected chi connectivity index (χ0v) is 10.1. The molecule has 1 aromatic carbocycles. The van der Waals surface area contributed by atoms with Crippen molar-refractivity contribution in [2.45, 2.75) is 25.8 Å². The van der Waals surface area contributed by atoms with Crippen LogP contribution in [0.25, 0.3) is 0 Å². The topological polar surface area (TPSA) is 20.3 Å². The normalized spacial score (nSPS) is 20.4. The van der Waals surface area contributed by atoms with Crippen LogP contribution in [-0.2, 0) is 11.3 Å². The molecule has 0 aromatic heterocycles. The molecule has 1 amide bonds. The molecule has 1 aromatic rings. The van der Waals surface area contributed by atoms with Crippen molar-refractivity contribution in [1.29, 1.82) is 0 Å². The van der Waals surface area contributed by atoms with Crippen molar-refractivity contribution < 1.29 is 4.79 Å². The minimum Gasteiger partial charge on any atom is -0.338 e. The van der Waals surface area contributed by atoms with E-state index < -0.39 is 0 Å². The Morgan fingerprint density at radius 3 is 2.82 bits per heavy atom. The standard InChI is InChI=1S/C15H19NO/c1-2-6-13-9-10-15(17)16(11-13)12-14-7-4-3-5-8-14/h2-5,7-8,13H,1,6,9-12H2/t13-/m1/s1. The summed E-state index contributed by atoms with van der Waals surface area (Å²) in [7, 11) is 0. The molecular weight excluding hydrogens is 210 g/mol. The van der Waals surface area contributed by atoms with Crippen LogP contribution in [0, 0.1) is 5.92 Å². The van der Waals surface area contributed by atoms with Crippen molar-refractivity contribution in [2.75, 3.05) is 6.54 Å². The number of rotatable bonds is 4. The van der Waals surface area contributed by atoms with Gasteiger partial charge in [0.2, 0.25) is 5.91 Å². The van der Waals surface area contributed by atoms with Crippen molar-refractivity contribution in [1.82, 2.24) is 4.90 Å². The molecular formula is C15H19NO. The minimum atomic E-state index is 0.286. The number of nitrogens with zero attached hydrogens (tertiary/aromatic N) is 1. The largest absolute Gasteiger partial charge is 0.338 e. The van der Waals surface area contributed by atoms with E-state index in [2.05, 4.69) is 18.7 Å². The lowest BCUT2D eigenvalue weighted by Crippen LogP contribution is -2.39. The third-order valence-electron chi connectivity index (χ3n) is 3.31. The summed E-state index contributed by atoms with van der Waals surface area (Å²) in [6.07, 6.45) is 4.67. The van der Waals surface area contributed by atoms with Crippen molar-refractivity contribution in [3.8, 4) is 0 Å². The van der Waals surface area contributed by atoms with Crippen molar-refractivity contribution >= 4 is 5.91 Å². The van der Waals surface area contributed by atoms with E-state index in [9.17, 15) is 4.79 Å². The van der Waals surface area contributed by atoms with Gasteiger partial charge in [-0.3, -0.25) is 4.79 Å². The summed E-state index contributed by atoms with van der Waals surface area (Å²) in [5.41, 5.74) is 1.21. The molecule has 0 unspecified atom stereocenters. The quantitative estimate of drug-likeness (QED) is 0.727. The van der Waals surface area contributed by atoms with Crippen LogP contribution in [0.4, 0.5) is 0 Å². The van der Waals surface area contributed by atoms with E-state index in [-0.39, 0.29) is 5.91 Å². The molecule has 0 saturated carbocycles. The molecule has 0 radical (unpaired) electrons. The SMILES string of the molecule is C=CC[C@@H]1CCC(=O)N(Cc2ccccc2)C1. The summed E-state index contributed by atoms with van der Waals surface area (Å²) in [6, 6.07) is 10.2. The second-order valence-corrected chi connectivity index (χ2v) is 4.69. The predicted octanol–water partition coefficient (Wildman–Crippen LogP) is 3.00. The van der Waals surface area contributed by atoms with Crippen LogP contribution in [0.3, 0.4) is 0 Å².